The van der Waals surface area contributed by atoms with E-state index in [1.165, 1.54) is 69.1 Å². The molecule has 0 N–H and O–H groups in total. The first-order valence-electron chi connectivity index (χ1n) is 11.9. The van der Waals surface area contributed by atoms with Crippen molar-refractivity contribution in [2.24, 2.45) is 0 Å². The van der Waals surface area contributed by atoms with Gasteiger partial charge in [0.2, 0.25) is 0 Å². The molecular formula is C25H42S2Sn. The molecule has 3 heteroatoms. The molecule has 0 aliphatic heterocycles. The number of hydrogen-bond acceptors (Lipinski definition) is 2. The number of unbranched alkanes of at least 4 members (excludes halogenated alkanes) is 5. The molecule has 0 fully saturated rings. The molecule has 0 nitrogen and oxygen atoms in total. The fourth-order valence-electron chi connectivity index (χ4n) is 4.35. The van der Waals surface area contributed by atoms with Crippen molar-refractivity contribution < 1.29 is 0 Å². The fraction of sp³-hybridized carbons (Fsp3) is 0.680. The van der Waals surface area contributed by atoms with E-state index in [1.54, 1.807) is 23.8 Å². The van der Waals surface area contributed by atoms with E-state index in [-0.39, 0.29) is 0 Å². The molecule has 0 spiro atoms. The molecule has 158 valence electrons. The Hall–Kier alpha value is 0.199. The van der Waals surface area contributed by atoms with Crippen molar-refractivity contribution in [3.05, 3.63) is 29.1 Å². The van der Waals surface area contributed by atoms with Gasteiger partial charge in [0, 0.05) is 0 Å². The van der Waals surface area contributed by atoms with Gasteiger partial charge in [-0.3, -0.25) is 0 Å². The molecule has 2 rings (SSSR count). The van der Waals surface area contributed by atoms with Crippen LogP contribution in [0.15, 0.2) is 23.6 Å². The Morgan fingerprint density at radius 1 is 0.786 bits per heavy atom. The van der Waals surface area contributed by atoms with Gasteiger partial charge in [-0.2, -0.15) is 0 Å². The third-order valence-electron chi connectivity index (χ3n) is 6.15. The van der Waals surface area contributed by atoms with Gasteiger partial charge >= 0.3 is 188 Å². The summed E-state index contributed by atoms with van der Waals surface area (Å²) in [6.45, 7) is 9.48. The summed E-state index contributed by atoms with van der Waals surface area (Å²) in [5, 5.41) is 2.26. The number of hydrogen-bond donors (Lipinski definition) is 0. The number of aryl methyl sites for hydroxylation is 1. The summed E-state index contributed by atoms with van der Waals surface area (Å²) in [4.78, 5) is 3.15. The van der Waals surface area contributed by atoms with Crippen LogP contribution in [0.1, 0.15) is 91.0 Å². The average Bonchev–Trinajstić information content (AvgIpc) is 3.38. The quantitative estimate of drug-likeness (QED) is 0.161. The maximum absolute atomic E-state index is 2.74. The molecule has 2 aromatic heterocycles. The van der Waals surface area contributed by atoms with E-state index in [0.29, 0.717) is 0 Å². The van der Waals surface area contributed by atoms with Crippen molar-refractivity contribution in [2.75, 3.05) is 0 Å². The van der Waals surface area contributed by atoms with Gasteiger partial charge in [0.05, 0.1) is 0 Å². The van der Waals surface area contributed by atoms with Crippen LogP contribution >= 0.6 is 22.7 Å². The van der Waals surface area contributed by atoms with Gasteiger partial charge < -0.3 is 0 Å². The summed E-state index contributed by atoms with van der Waals surface area (Å²) in [6.07, 6.45) is 13.8. The first-order chi connectivity index (χ1) is 13.7. The molecule has 0 saturated carbocycles. The van der Waals surface area contributed by atoms with E-state index in [1.807, 2.05) is 14.2 Å². The Kier molecular flexibility index (Phi) is 11.8. The van der Waals surface area contributed by atoms with Crippen molar-refractivity contribution in [3.8, 4) is 9.75 Å². The normalized spacial score (nSPS) is 12.0. The van der Waals surface area contributed by atoms with Crippen molar-refractivity contribution in [1.29, 1.82) is 0 Å². The zero-order valence-corrected chi connectivity index (χ0v) is 23.3. The van der Waals surface area contributed by atoms with Gasteiger partial charge in [-0.1, -0.05) is 0 Å². The Bertz CT molecular complexity index is 620. The third-order valence-corrected chi connectivity index (χ3v) is 26.6. The van der Waals surface area contributed by atoms with E-state index in [4.69, 9.17) is 0 Å². The van der Waals surface area contributed by atoms with Gasteiger partial charge in [0.1, 0.15) is 0 Å². The van der Waals surface area contributed by atoms with Crippen LogP contribution in [0.5, 0.6) is 0 Å². The van der Waals surface area contributed by atoms with Gasteiger partial charge in [-0.05, 0) is 0 Å². The van der Waals surface area contributed by atoms with Crippen LogP contribution in [-0.4, -0.2) is 18.4 Å². The molecule has 2 heterocycles. The van der Waals surface area contributed by atoms with Gasteiger partial charge in [0.15, 0.2) is 0 Å². The third kappa shape index (κ3) is 6.87. The molecule has 0 aliphatic rings. The average molecular weight is 525 g/mol. The van der Waals surface area contributed by atoms with E-state index in [0.717, 1.165) is 0 Å². The summed E-state index contributed by atoms with van der Waals surface area (Å²) in [5.74, 6) is 0. The molecule has 0 aromatic carbocycles. The van der Waals surface area contributed by atoms with Crippen LogP contribution in [0.4, 0.5) is 0 Å². The Morgan fingerprint density at radius 2 is 1.39 bits per heavy atom. The van der Waals surface area contributed by atoms with Crippen LogP contribution < -0.4 is 2.89 Å². The second kappa shape index (κ2) is 13.5. The Labute approximate surface area is 187 Å². The van der Waals surface area contributed by atoms with E-state index in [2.05, 4.69) is 62.6 Å². The maximum atomic E-state index is 2.74. The molecule has 0 amide bonds. The summed E-state index contributed by atoms with van der Waals surface area (Å²) in [7, 11) is 0. The van der Waals surface area contributed by atoms with Crippen molar-refractivity contribution >= 4 is 43.9 Å². The molecule has 0 saturated heterocycles. The Morgan fingerprint density at radius 3 is 1.89 bits per heavy atom. The number of thiophene rings is 2. The minimum absolute atomic E-state index is 1.29. The zero-order chi connectivity index (χ0) is 20.2. The molecule has 0 atom stereocenters. The van der Waals surface area contributed by atoms with Crippen LogP contribution in [0, 0.1) is 0 Å². The first kappa shape index (κ1) is 24.5. The molecule has 0 radical (unpaired) electrons. The molecule has 0 bridgehead atoms. The van der Waals surface area contributed by atoms with E-state index in [9.17, 15) is 0 Å². The predicted octanol–water partition coefficient (Wildman–Crippen LogP) is 9.27. The standard InChI is InChI=1S/C13H15S2.3C4H9.Sn/c1-2-3-4-6-11-8-10-15-13(11)12-7-5-9-14-12;3*1-3-4-2;/h5,7-9H,2-4,6H2,1H3;3*1,3-4H2,2H3;. The van der Waals surface area contributed by atoms with Crippen LogP contribution in [0.25, 0.3) is 9.75 Å². The molecule has 0 unspecified atom stereocenters. The SMILES string of the molecule is CCCCCc1c[c]([Sn]([CH2]CCC)([CH2]CCC)[CH2]CCC)sc1-c1cccs1. The minimum atomic E-state index is -2.30. The summed E-state index contributed by atoms with van der Waals surface area (Å²) >= 11 is 1.87. The Balaban J connectivity index is 2.42. The fourth-order valence-corrected chi connectivity index (χ4v) is 25.6. The van der Waals surface area contributed by atoms with Gasteiger partial charge in [0.25, 0.3) is 0 Å². The van der Waals surface area contributed by atoms with E-state index < -0.39 is 18.4 Å². The zero-order valence-electron chi connectivity index (χ0n) is 18.8. The summed E-state index contributed by atoms with van der Waals surface area (Å²) < 4.78 is 6.68. The molecule has 0 aliphatic carbocycles. The monoisotopic (exact) mass is 526 g/mol. The molecule has 28 heavy (non-hydrogen) atoms. The first-order valence-corrected chi connectivity index (χ1v) is 21.1. The van der Waals surface area contributed by atoms with Gasteiger partial charge in [-0.15, -0.1) is 0 Å². The molecular weight excluding hydrogens is 483 g/mol. The van der Waals surface area contributed by atoms with Crippen molar-refractivity contribution in [1.82, 2.24) is 0 Å². The number of rotatable bonds is 15. The van der Waals surface area contributed by atoms with Crippen LogP contribution in [-0.2, 0) is 6.42 Å². The van der Waals surface area contributed by atoms with Crippen LogP contribution in [0.3, 0.4) is 0 Å². The topological polar surface area (TPSA) is 0 Å². The second-order valence-electron chi connectivity index (χ2n) is 8.49. The molecule has 2 aromatic rings. The van der Waals surface area contributed by atoms with Crippen LogP contribution in [0.2, 0.25) is 13.3 Å². The second-order valence-corrected chi connectivity index (χ2v) is 24.7. The predicted molar refractivity (Wildman–Crippen MR) is 135 cm³/mol. The van der Waals surface area contributed by atoms with E-state index >= 15 is 0 Å². The summed E-state index contributed by atoms with van der Waals surface area (Å²) in [6, 6.07) is 7.33. The van der Waals surface area contributed by atoms with Crippen molar-refractivity contribution in [2.45, 2.75) is 105 Å². The van der Waals surface area contributed by atoms with Crippen molar-refractivity contribution in [3.63, 3.8) is 0 Å². The summed E-state index contributed by atoms with van der Waals surface area (Å²) in [5.41, 5.74) is 1.68. The van der Waals surface area contributed by atoms with Gasteiger partial charge in [-0.25, -0.2) is 0 Å².